The molecule has 0 saturated carbocycles. The molecule has 0 radical (unpaired) electrons. The lowest BCUT2D eigenvalue weighted by atomic mass is 10.1. The number of furan rings is 1. The zero-order valence-electron chi connectivity index (χ0n) is 16.9. The normalized spacial score (nSPS) is 11.3. The van der Waals surface area contributed by atoms with E-state index < -0.39 is 0 Å². The summed E-state index contributed by atoms with van der Waals surface area (Å²) in [6, 6.07) is 31.5. The zero-order valence-corrected chi connectivity index (χ0v) is 17.6. The van der Waals surface area contributed by atoms with Gasteiger partial charge in [-0.05, 0) is 24.3 Å². The number of hydrogen-bond acceptors (Lipinski definition) is 4. The third-order valence-electron chi connectivity index (χ3n) is 5.40. The summed E-state index contributed by atoms with van der Waals surface area (Å²) in [6.45, 7) is 0. The van der Waals surface area contributed by atoms with Crippen LogP contribution in [0.25, 0.3) is 56.1 Å². The van der Waals surface area contributed by atoms with Crippen molar-refractivity contribution in [3.63, 3.8) is 0 Å². The van der Waals surface area contributed by atoms with Gasteiger partial charge in [0.25, 0.3) is 0 Å². The van der Waals surface area contributed by atoms with Crippen LogP contribution in [0.4, 0.5) is 0 Å². The van der Waals surface area contributed by atoms with Crippen molar-refractivity contribution in [2.75, 3.05) is 0 Å². The molecule has 0 saturated heterocycles. The van der Waals surface area contributed by atoms with Crippen molar-refractivity contribution in [3.8, 4) is 34.2 Å². The van der Waals surface area contributed by atoms with Crippen LogP contribution < -0.4 is 0 Å². The van der Waals surface area contributed by atoms with Crippen LogP contribution >= 0.6 is 11.6 Å². The number of benzene rings is 4. The van der Waals surface area contributed by atoms with Gasteiger partial charge in [-0.25, -0.2) is 15.0 Å². The quantitative estimate of drug-likeness (QED) is 0.291. The molecule has 0 aliphatic rings. The Morgan fingerprint density at radius 1 is 0.562 bits per heavy atom. The number of para-hydroxylation sites is 1. The van der Waals surface area contributed by atoms with Gasteiger partial charge in [-0.2, -0.15) is 0 Å². The highest BCUT2D eigenvalue weighted by Gasteiger charge is 2.17. The molecule has 0 fully saturated rings. The van der Waals surface area contributed by atoms with Gasteiger partial charge in [0, 0.05) is 26.9 Å². The molecule has 0 amide bonds. The van der Waals surface area contributed by atoms with E-state index in [1.165, 1.54) is 0 Å². The zero-order chi connectivity index (χ0) is 21.5. The molecule has 0 N–H and O–H groups in total. The molecule has 152 valence electrons. The molecule has 2 aromatic heterocycles. The molecule has 2 heterocycles. The molecule has 0 aliphatic heterocycles. The molecule has 0 spiro atoms. The van der Waals surface area contributed by atoms with Crippen LogP contribution in [0.2, 0.25) is 5.02 Å². The van der Waals surface area contributed by atoms with E-state index in [0.717, 1.165) is 38.6 Å². The van der Waals surface area contributed by atoms with Crippen LogP contribution in [0.15, 0.2) is 101 Å². The van der Waals surface area contributed by atoms with Crippen LogP contribution in [0.5, 0.6) is 0 Å². The van der Waals surface area contributed by atoms with Gasteiger partial charge < -0.3 is 4.42 Å². The first kappa shape index (κ1) is 18.7. The van der Waals surface area contributed by atoms with Crippen molar-refractivity contribution in [2.24, 2.45) is 0 Å². The van der Waals surface area contributed by atoms with Gasteiger partial charge in [0.15, 0.2) is 17.5 Å². The lowest BCUT2D eigenvalue weighted by Gasteiger charge is -2.08. The van der Waals surface area contributed by atoms with E-state index in [2.05, 4.69) is 0 Å². The lowest BCUT2D eigenvalue weighted by Crippen LogP contribution is -2.00. The van der Waals surface area contributed by atoms with E-state index >= 15 is 0 Å². The summed E-state index contributed by atoms with van der Waals surface area (Å²) in [7, 11) is 0. The Morgan fingerprint density at radius 2 is 1.19 bits per heavy atom. The molecule has 0 aliphatic carbocycles. The highest BCUT2D eigenvalue weighted by Crippen LogP contribution is 2.36. The molecule has 4 aromatic carbocycles. The fourth-order valence-electron chi connectivity index (χ4n) is 3.88. The topological polar surface area (TPSA) is 51.8 Å². The van der Waals surface area contributed by atoms with E-state index in [9.17, 15) is 0 Å². The van der Waals surface area contributed by atoms with Crippen LogP contribution in [0, 0.1) is 0 Å². The first-order chi connectivity index (χ1) is 15.8. The predicted octanol–water partition coefficient (Wildman–Crippen LogP) is 7.43. The fraction of sp³-hybridized carbons (Fsp3) is 0. The van der Waals surface area contributed by atoms with E-state index in [-0.39, 0.29) is 0 Å². The summed E-state index contributed by atoms with van der Waals surface area (Å²) in [5.74, 6) is 1.80. The molecule has 4 nitrogen and oxygen atoms in total. The van der Waals surface area contributed by atoms with Crippen LogP contribution in [-0.4, -0.2) is 15.0 Å². The Kier molecular flexibility index (Phi) is 4.44. The molecule has 0 unspecified atom stereocenters. The largest absolute Gasteiger partial charge is 0.455 e. The Labute approximate surface area is 189 Å². The summed E-state index contributed by atoms with van der Waals surface area (Å²) in [6.07, 6.45) is 0. The first-order valence-corrected chi connectivity index (χ1v) is 10.6. The minimum Gasteiger partial charge on any atom is -0.455 e. The Hall–Kier alpha value is -4.02. The third-order valence-corrected chi connectivity index (χ3v) is 5.63. The van der Waals surface area contributed by atoms with Gasteiger partial charge in [0.05, 0.1) is 5.56 Å². The summed E-state index contributed by atoms with van der Waals surface area (Å²) in [5.41, 5.74) is 4.17. The highest BCUT2D eigenvalue weighted by molar-refractivity contribution is 6.31. The van der Waals surface area contributed by atoms with E-state index in [1.807, 2.05) is 97.1 Å². The van der Waals surface area contributed by atoms with Gasteiger partial charge in [0.1, 0.15) is 11.2 Å². The van der Waals surface area contributed by atoms with Gasteiger partial charge in [0.2, 0.25) is 0 Å². The summed E-state index contributed by atoms with van der Waals surface area (Å²) >= 11 is 6.24. The number of fused-ring (bicyclic) bond motifs is 3. The smallest absolute Gasteiger partial charge is 0.167 e. The second-order valence-corrected chi connectivity index (χ2v) is 7.90. The number of hydrogen-bond donors (Lipinski definition) is 0. The summed E-state index contributed by atoms with van der Waals surface area (Å²) < 4.78 is 6.23. The number of nitrogens with zero attached hydrogens (tertiary/aromatic N) is 3. The molecule has 5 heteroatoms. The van der Waals surface area contributed by atoms with E-state index in [1.54, 1.807) is 0 Å². The van der Waals surface area contributed by atoms with Gasteiger partial charge in [-0.1, -0.05) is 84.4 Å². The third kappa shape index (κ3) is 3.22. The van der Waals surface area contributed by atoms with Crippen molar-refractivity contribution >= 4 is 33.5 Å². The molecular formula is C27H16ClN3O. The standard InChI is InChI=1S/C27H16ClN3O/c28-19-14-15-23-22(16-19)20-12-7-13-21(24(20)32-23)27-30-25(17-8-3-1-4-9-17)29-26(31-27)18-10-5-2-6-11-18/h1-16H. The molecule has 0 atom stereocenters. The Morgan fingerprint density at radius 3 is 1.84 bits per heavy atom. The fourth-order valence-corrected chi connectivity index (χ4v) is 4.05. The van der Waals surface area contributed by atoms with Gasteiger partial charge >= 0.3 is 0 Å². The maximum Gasteiger partial charge on any atom is 0.167 e. The van der Waals surface area contributed by atoms with Gasteiger partial charge in [-0.15, -0.1) is 0 Å². The maximum atomic E-state index is 6.24. The highest BCUT2D eigenvalue weighted by atomic mass is 35.5. The Bertz CT molecular complexity index is 1520. The van der Waals surface area contributed by atoms with Crippen LogP contribution in [0.1, 0.15) is 0 Å². The van der Waals surface area contributed by atoms with Crippen LogP contribution in [0.3, 0.4) is 0 Å². The first-order valence-electron chi connectivity index (χ1n) is 10.2. The summed E-state index contributed by atoms with van der Waals surface area (Å²) in [4.78, 5) is 14.4. The lowest BCUT2D eigenvalue weighted by molar-refractivity contribution is 0.669. The predicted molar refractivity (Wildman–Crippen MR) is 128 cm³/mol. The van der Waals surface area contributed by atoms with Crippen molar-refractivity contribution in [2.45, 2.75) is 0 Å². The van der Waals surface area contributed by atoms with E-state index in [0.29, 0.717) is 22.5 Å². The molecule has 0 bridgehead atoms. The van der Waals surface area contributed by atoms with Crippen molar-refractivity contribution in [3.05, 3.63) is 102 Å². The van der Waals surface area contributed by atoms with E-state index in [4.69, 9.17) is 31.0 Å². The minimum absolute atomic E-state index is 0.563. The number of aromatic nitrogens is 3. The number of halogens is 1. The maximum absolute atomic E-state index is 6.24. The van der Waals surface area contributed by atoms with Gasteiger partial charge in [-0.3, -0.25) is 0 Å². The second kappa shape index (κ2) is 7.59. The summed E-state index contributed by atoms with van der Waals surface area (Å²) in [5, 5.41) is 2.61. The van der Waals surface area contributed by atoms with Crippen molar-refractivity contribution in [1.82, 2.24) is 15.0 Å². The molecular weight excluding hydrogens is 418 g/mol. The Balaban J connectivity index is 1.63. The number of rotatable bonds is 3. The van der Waals surface area contributed by atoms with Crippen molar-refractivity contribution in [1.29, 1.82) is 0 Å². The molecule has 6 rings (SSSR count). The SMILES string of the molecule is Clc1ccc2oc3c(-c4nc(-c5ccccc5)nc(-c5ccccc5)n4)cccc3c2c1. The monoisotopic (exact) mass is 433 g/mol. The average molecular weight is 434 g/mol. The minimum atomic E-state index is 0.563. The second-order valence-electron chi connectivity index (χ2n) is 7.46. The average Bonchev–Trinajstić information content (AvgIpc) is 3.23. The van der Waals surface area contributed by atoms with Crippen LogP contribution in [-0.2, 0) is 0 Å². The molecule has 6 aromatic rings. The van der Waals surface area contributed by atoms with Crippen molar-refractivity contribution < 1.29 is 4.42 Å². The molecule has 32 heavy (non-hydrogen) atoms.